The van der Waals surface area contributed by atoms with Gasteiger partial charge in [-0.25, -0.2) is 13.6 Å². The third-order valence-corrected chi connectivity index (χ3v) is 4.68. The Kier molecular flexibility index (Phi) is 5.53. The maximum absolute atomic E-state index is 14.3. The van der Waals surface area contributed by atoms with E-state index in [1.54, 1.807) is 0 Å². The molecule has 0 atom stereocenters. The van der Waals surface area contributed by atoms with Crippen molar-refractivity contribution < 1.29 is 27.6 Å². The van der Waals surface area contributed by atoms with Crippen LogP contribution in [-0.4, -0.2) is 22.1 Å². The Morgan fingerprint density at radius 2 is 1.90 bits per heavy atom. The van der Waals surface area contributed by atoms with Gasteiger partial charge in [0.15, 0.2) is 11.6 Å². The molecule has 3 rings (SSSR count). The van der Waals surface area contributed by atoms with Gasteiger partial charge in [0.2, 0.25) is 11.2 Å². The summed E-state index contributed by atoms with van der Waals surface area (Å²) in [6.07, 6.45) is 0.940. The van der Waals surface area contributed by atoms with Crippen LogP contribution < -0.4 is 5.43 Å². The second-order valence-corrected chi connectivity index (χ2v) is 6.58. The molecule has 0 aliphatic rings. The van der Waals surface area contributed by atoms with Crippen molar-refractivity contribution in [3.05, 3.63) is 78.3 Å². The Hall–Kier alpha value is -3.40. The first kappa shape index (κ1) is 21.3. The van der Waals surface area contributed by atoms with E-state index < -0.39 is 45.0 Å². The van der Waals surface area contributed by atoms with Gasteiger partial charge in [0.25, 0.3) is 0 Å². The van der Waals surface area contributed by atoms with Crippen molar-refractivity contribution in [2.75, 3.05) is 6.61 Å². The summed E-state index contributed by atoms with van der Waals surface area (Å²) in [7, 11) is 0. The maximum atomic E-state index is 14.3. The number of halogens is 4. The molecule has 0 spiro atoms. The molecular formula is C19H12ClF3N2O5. The topological polar surface area (TPSA) is 91.4 Å². The average molecular weight is 441 g/mol. The Balaban J connectivity index is 2.54. The summed E-state index contributed by atoms with van der Waals surface area (Å²) in [5, 5.41) is 10.4. The highest BCUT2D eigenvalue weighted by molar-refractivity contribution is 6.32. The van der Waals surface area contributed by atoms with E-state index in [1.165, 1.54) is 13.8 Å². The summed E-state index contributed by atoms with van der Waals surface area (Å²) in [4.78, 5) is 35.1. The SMILES string of the molecule is CCOC(=O)c1cn(-c2cc([N+](=O)[O-])c(F)cc2Cl)c2c(C)c(F)c(F)cc2c1=O. The monoisotopic (exact) mass is 440 g/mol. The van der Waals surface area contributed by atoms with Gasteiger partial charge in [0, 0.05) is 23.9 Å². The normalized spacial score (nSPS) is 11.0. The number of benzene rings is 2. The molecule has 0 fully saturated rings. The van der Waals surface area contributed by atoms with Gasteiger partial charge >= 0.3 is 11.7 Å². The molecule has 0 aliphatic carbocycles. The molecule has 0 unspecified atom stereocenters. The molecule has 0 saturated carbocycles. The minimum atomic E-state index is -1.33. The zero-order valence-electron chi connectivity index (χ0n) is 15.5. The van der Waals surface area contributed by atoms with E-state index in [-0.39, 0.29) is 33.8 Å². The number of hydrogen-bond acceptors (Lipinski definition) is 5. The third kappa shape index (κ3) is 3.39. The highest BCUT2D eigenvalue weighted by atomic mass is 35.5. The zero-order valence-corrected chi connectivity index (χ0v) is 16.2. The molecule has 2 aromatic carbocycles. The summed E-state index contributed by atoms with van der Waals surface area (Å²) in [6.45, 7) is 2.60. The van der Waals surface area contributed by atoms with Crippen molar-refractivity contribution in [3.63, 3.8) is 0 Å². The van der Waals surface area contributed by atoms with Gasteiger partial charge in [0.05, 0.1) is 33.1 Å². The molecule has 30 heavy (non-hydrogen) atoms. The van der Waals surface area contributed by atoms with Gasteiger partial charge in [-0.1, -0.05) is 11.6 Å². The van der Waals surface area contributed by atoms with Crippen LogP contribution in [0.3, 0.4) is 0 Å². The fourth-order valence-electron chi connectivity index (χ4n) is 3.02. The lowest BCUT2D eigenvalue weighted by atomic mass is 10.1. The molecule has 0 aliphatic heterocycles. The number of ether oxygens (including phenoxy) is 1. The maximum Gasteiger partial charge on any atom is 0.343 e. The van der Waals surface area contributed by atoms with Gasteiger partial charge in [-0.2, -0.15) is 4.39 Å². The van der Waals surface area contributed by atoms with Crippen molar-refractivity contribution in [1.29, 1.82) is 0 Å². The van der Waals surface area contributed by atoms with Gasteiger partial charge in [-0.15, -0.1) is 0 Å². The van der Waals surface area contributed by atoms with Crippen molar-refractivity contribution >= 4 is 34.2 Å². The van der Waals surface area contributed by atoms with E-state index in [1.807, 2.05) is 0 Å². The molecule has 11 heteroatoms. The number of esters is 1. The van der Waals surface area contributed by atoms with Gasteiger partial charge in [-0.3, -0.25) is 14.9 Å². The second-order valence-electron chi connectivity index (χ2n) is 6.17. The number of nitro benzene ring substituents is 1. The number of fused-ring (bicyclic) bond motifs is 1. The highest BCUT2D eigenvalue weighted by Gasteiger charge is 2.25. The smallest absolute Gasteiger partial charge is 0.343 e. The number of aryl methyl sites for hydroxylation is 1. The predicted molar refractivity (Wildman–Crippen MR) is 102 cm³/mol. The van der Waals surface area contributed by atoms with Crippen molar-refractivity contribution in [3.8, 4) is 5.69 Å². The van der Waals surface area contributed by atoms with Crippen LogP contribution in [0, 0.1) is 34.5 Å². The fourth-order valence-corrected chi connectivity index (χ4v) is 3.26. The highest BCUT2D eigenvalue weighted by Crippen LogP contribution is 2.32. The molecule has 0 amide bonds. The quantitative estimate of drug-likeness (QED) is 0.339. The Labute approximate surface area is 171 Å². The van der Waals surface area contributed by atoms with E-state index in [0.717, 1.165) is 16.8 Å². The number of rotatable bonds is 4. The van der Waals surface area contributed by atoms with Gasteiger partial charge in [-0.05, 0) is 19.9 Å². The number of nitro groups is 1. The van der Waals surface area contributed by atoms with Crippen LogP contribution in [0.15, 0.2) is 29.2 Å². The molecule has 156 valence electrons. The van der Waals surface area contributed by atoms with Gasteiger partial charge in [0.1, 0.15) is 5.56 Å². The first-order valence-electron chi connectivity index (χ1n) is 8.43. The molecule has 7 nitrogen and oxygen atoms in total. The lowest BCUT2D eigenvalue weighted by molar-refractivity contribution is -0.387. The number of carbonyl (C=O) groups excluding carboxylic acids is 1. The van der Waals surface area contributed by atoms with Crippen LogP contribution in [0.25, 0.3) is 16.6 Å². The van der Waals surface area contributed by atoms with Crippen LogP contribution in [0.4, 0.5) is 18.9 Å². The molecule has 0 N–H and O–H groups in total. The number of carbonyl (C=O) groups is 1. The van der Waals surface area contributed by atoms with Crippen molar-refractivity contribution in [2.45, 2.75) is 13.8 Å². The summed E-state index contributed by atoms with van der Waals surface area (Å²) in [5.41, 5.74) is -3.17. The number of hydrogen-bond donors (Lipinski definition) is 0. The van der Waals surface area contributed by atoms with Crippen LogP contribution >= 0.6 is 11.6 Å². The fraction of sp³-hybridized carbons (Fsp3) is 0.158. The zero-order chi connectivity index (χ0) is 22.3. The summed E-state index contributed by atoms with van der Waals surface area (Å²) < 4.78 is 48.0. The third-order valence-electron chi connectivity index (χ3n) is 4.38. The molecule has 1 heterocycles. The second kappa shape index (κ2) is 7.79. The molecule has 0 radical (unpaired) electrons. The van der Waals surface area contributed by atoms with Crippen LogP contribution in [0.5, 0.6) is 0 Å². The lowest BCUT2D eigenvalue weighted by Gasteiger charge is -2.17. The van der Waals surface area contributed by atoms with Crippen LogP contribution in [-0.2, 0) is 4.74 Å². The standard InChI is InChI=1S/C19H12ClF3N2O5/c1-3-30-19(27)10-7-24(14-6-15(25(28)29)12(21)5-11(14)20)17-8(2)16(23)13(22)4-9(17)18(10)26/h4-7H,3H2,1-2H3. The Morgan fingerprint density at radius 3 is 2.50 bits per heavy atom. The molecular weight excluding hydrogens is 429 g/mol. The predicted octanol–water partition coefficient (Wildman–Crippen LogP) is 4.45. The summed E-state index contributed by atoms with van der Waals surface area (Å²) >= 11 is 6.05. The summed E-state index contributed by atoms with van der Waals surface area (Å²) in [5.74, 6) is -4.87. The van der Waals surface area contributed by atoms with E-state index in [4.69, 9.17) is 16.3 Å². The number of nitrogens with zero attached hydrogens (tertiary/aromatic N) is 2. The van der Waals surface area contributed by atoms with E-state index >= 15 is 0 Å². The van der Waals surface area contributed by atoms with Crippen LogP contribution in [0.2, 0.25) is 5.02 Å². The van der Waals surface area contributed by atoms with Crippen molar-refractivity contribution in [2.24, 2.45) is 0 Å². The Bertz CT molecular complexity index is 1290. The molecule has 0 bridgehead atoms. The van der Waals surface area contributed by atoms with Crippen LogP contribution in [0.1, 0.15) is 22.8 Å². The molecule has 1 aromatic heterocycles. The lowest BCUT2D eigenvalue weighted by Crippen LogP contribution is -2.21. The first-order chi connectivity index (χ1) is 14.1. The van der Waals surface area contributed by atoms with E-state index in [0.29, 0.717) is 12.1 Å². The minimum Gasteiger partial charge on any atom is -0.462 e. The minimum absolute atomic E-state index is 0.0735. The number of pyridine rings is 1. The average Bonchev–Trinajstić information content (AvgIpc) is 2.67. The van der Waals surface area contributed by atoms with Crippen molar-refractivity contribution in [1.82, 2.24) is 4.57 Å². The molecule has 0 saturated heterocycles. The summed E-state index contributed by atoms with van der Waals surface area (Å²) in [6, 6.07) is 2.03. The van der Waals surface area contributed by atoms with E-state index in [9.17, 15) is 32.9 Å². The van der Waals surface area contributed by atoms with Gasteiger partial charge < -0.3 is 9.30 Å². The number of aromatic nitrogens is 1. The Morgan fingerprint density at radius 1 is 1.23 bits per heavy atom. The van der Waals surface area contributed by atoms with E-state index in [2.05, 4.69) is 0 Å². The first-order valence-corrected chi connectivity index (χ1v) is 8.81. The molecule has 3 aromatic rings. The largest absolute Gasteiger partial charge is 0.462 e.